The van der Waals surface area contributed by atoms with Gasteiger partial charge in [0.2, 0.25) is 0 Å². The van der Waals surface area contributed by atoms with Crippen LogP contribution in [0.4, 0.5) is 0 Å². The standard InChI is InChI=1S/C25H40N6/c1-4-6-15-28-24(26)21-10-8-20(9-11-21)14-17-30-31-22-12-13-23(19(3)18-22)25(27)29-16-7-5-2/h8-13,19,30-31H,4-7,14-18H2,1-3H3,(H2,26,28)(H2,27,29). The fourth-order valence-electron chi connectivity index (χ4n) is 3.42. The summed E-state index contributed by atoms with van der Waals surface area (Å²) in [6.45, 7) is 8.95. The van der Waals surface area contributed by atoms with Gasteiger partial charge in [0.05, 0.1) is 0 Å². The highest BCUT2D eigenvalue weighted by Gasteiger charge is 2.17. The number of nitrogens with zero attached hydrogens (tertiary/aromatic N) is 2. The van der Waals surface area contributed by atoms with Crippen LogP contribution in [-0.2, 0) is 6.42 Å². The second-order valence-corrected chi connectivity index (χ2v) is 8.16. The molecule has 0 saturated heterocycles. The van der Waals surface area contributed by atoms with E-state index in [0.717, 1.165) is 69.3 Å². The van der Waals surface area contributed by atoms with E-state index in [4.69, 9.17) is 11.5 Å². The third-order valence-corrected chi connectivity index (χ3v) is 5.44. The summed E-state index contributed by atoms with van der Waals surface area (Å²) in [4.78, 5) is 8.93. The Morgan fingerprint density at radius 1 is 0.968 bits per heavy atom. The van der Waals surface area contributed by atoms with Crippen LogP contribution in [0.2, 0.25) is 0 Å². The molecule has 0 aliphatic heterocycles. The summed E-state index contributed by atoms with van der Waals surface area (Å²) >= 11 is 0. The van der Waals surface area contributed by atoms with Crippen LogP contribution < -0.4 is 22.3 Å². The maximum atomic E-state index is 6.17. The molecule has 31 heavy (non-hydrogen) atoms. The van der Waals surface area contributed by atoms with Crippen molar-refractivity contribution in [3.63, 3.8) is 0 Å². The Balaban J connectivity index is 1.77. The van der Waals surface area contributed by atoms with Gasteiger partial charge in [0.1, 0.15) is 11.7 Å². The van der Waals surface area contributed by atoms with E-state index in [1.165, 1.54) is 11.3 Å². The largest absolute Gasteiger partial charge is 0.384 e. The monoisotopic (exact) mass is 424 g/mol. The zero-order valence-corrected chi connectivity index (χ0v) is 19.5. The average molecular weight is 425 g/mol. The molecule has 2 rings (SSSR count). The maximum absolute atomic E-state index is 6.17. The number of hydrogen-bond acceptors (Lipinski definition) is 4. The van der Waals surface area contributed by atoms with E-state index in [0.29, 0.717) is 17.6 Å². The molecule has 0 saturated carbocycles. The normalized spacial score (nSPS) is 17.3. The third-order valence-electron chi connectivity index (χ3n) is 5.44. The quantitative estimate of drug-likeness (QED) is 0.167. The van der Waals surface area contributed by atoms with Crippen LogP contribution in [-0.4, -0.2) is 31.3 Å². The number of hydrogen-bond donors (Lipinski definition) is 4. The van der Waals surface area contributed by atoms with Gasteiger partial charge in [0.25, 0.3) is 0 Å². The number of nitrogens with one attached hydrogen (secondary N) is 2. The summed E-state index contributed by atoms with van der Waals surface area (Å²) in [5.41, 5.74) is 23.5. The van der Waals surface area contributed by atoms with Gasteiger partial charge in [-0.1, -0.05) is 64.0 Å². The molecule has 1 atom stereocenters. The first kappa shape index (κ1) is 24.7. The van der Waals surface area contributed by atoms with Crippen molar-refractivity contribution in [3.05, 3.63) is 58.8 Å². The van der Waals surface area contributed by atoms with E-state index in [1.807, 2.05) is 0 Å². The highest BCUT2D eigenvalue weighted by atomic mass is 15.4. The van der Waals surface area contributed by atoms with Gasteiger partial charge < -0.3 is 16.9 Å². The highest BCUT2D eigenvalue weighted by molar-refractivity contribution is 5.98. The zero-order chi connectivity index (χ0) is 22.5. The lowest BCUT2D eigenvalue weighted by Crippen LogP contribution is -2.35. The Morgan fingerprint density at radius 2 is 1.61 bits per heavy atom. The van der Waals surface area contributed by atoms with Gasteiger partial charge in [-0.3, -0.25) is 9.98 Å². The van der Waals surface area contributed by atoms with Crippen LogP contribution >= 0.6 is 0 Å². The topological polar surface area (TPSA) is 101 Å². The molecular weight excluding hydrogens is 384 g/mol. The molecule has 170 valence electrons. The van der Waals surface area contributed by atoms with Crippen molar-refractivity contribution in [2.24, 2.45) is 27.4 Å². The number of aliphatic imine (C=N–C) groups is 2. The zero-order valence-electron chi connectivity index (χ0n) is 19.5. The number of unbranched alkanes of at least 4 members (excludes halogenated alkanes) is 2. The SMILES string of the molecule is CCCCN=C(N)C1=CC=C(NNCCc2ccc(C(N)=NCCCC)cc2)CC1C. The van der Waals surface area contributed by atoms with Crippen molar-refractivity contribution in [2.75, 3.05) is 19.6 Å². The molecule has 6 N–H and O–H groups in total. The second kappa shape index (κ2) is 13.7. The van der Waals surface area contributed by atoms with E-state index in [2.05, 4.69) is 78.0 Å². The minimum atomic E-state index is 0.358. The maximum Gasteiger partial charge on any atom is 0.125 e. The van der Waals surface area contributed by atoms with Crippen LogP contribution in [0, 0.1) is 5.92 Å². The Hall–Kier alpha value is -2.60. The van der Waals surface area contributed by atoms with Gasteiger partial charge in [-0.2, -0.15) is 0 Å². The summed E-state index contributed by atoms with van der Waals surface area (Å²) in [7, 11) is 0. The van der Waals surface area contributed by atoms with Crippen LogP contribution in [0.1, 0.15) is 64.0 Å². The molecule has 0 spiro atoms. The first-order valence-electron chi connectivity index (χ1n) is 11.6. The van der Waals surface area contributed by atoms with Gasteiger partial charge in [-0.15, -0.1) is 0 Å². The number of allylic oxidation sites excluding steroid dienone is 3. The van der Waals surface area contributed by atoms with Crippen LogP contribution in [0.3, 0.4) is 0 Å². The van der Waals surface area contributed by atoms with E-state index in [-0.39, 0.29) is 0 Å². The fraction of sp³-hybridized carbons (Fsp3) is 0.520. The number of amidine groups is 2. The summed E-state index contributed by atoms with van der Waals surface area (Å²) in [5, 5.41) is 0. The minimum Gasteiger partial charge on any atom is -0.384 e. The summed E-state index contributed by atoms with van der Waals surface area (Å²) in [6.07, 6.45) is 10.5. The van der Waals surface area contributed by atoms with Crippen molar-refractivity contribution >= 4 is 11.7 Å². The lowest BCUT2D eigenvalue weighted by Gasteiger charge is -2.22. The molecule has 0 fully saturated rings. The molecule has 1 unspecified atom stereocenters. The lowest BCUT2D eigenvalue weighted by molar-refractivity contribution is 0.547. The summed E-state index contributed by atoms with van der Waals surface area (Å²) < 4.78 is 0. The molecule has 1 aromatic carbocycles. The van der Waals surface area contributed by atoms with Gasteiger partial charge in [-0.25, -0.2) is 5.43 Å². The van der Waals surface area contributed by atoms with Crippen LogP contribution in [0.15, 0.2) is 57.7 Å². The number of benzene rings is 1. The van der Waals surface area contributed by atoms with Gasteiger partial charge >= 0.3 is 0 Å². The Labute approximate surface area is 188 Å². The smallest absolute Gasteiger partial charge is 0.125 e. The first-order valence-corrected chi connectivity index (χ1v) is 11.6. The predicted octanol–water partition coefficient (Wildman–Crippen LogP) is 3.84. The number of hydrazine groups is 1. The van der Waals surface area contributed by atoms with E-state index in [1.54, 1.807) is 0 Å². The molecule has 0 heterocycles. The molecule has 1 aliphatic rings. The van der Waals surface area contributed by atoms with Crippen molar-refractivity contribution in [1.82, 2.24) is 10.9 Å². The highest BCUT2D eigenvalue weighted by Crippen LogP contribution is 2.23. The molecule has 6 nitrogen and oxygen atoms in total. The minimum absolute atomic E-state index is 0.358. The Bertz CT molecular complexity index is 789. The average Bonchev–Trinajstić information content (AvgIpc) is 2.77. The van der Waals surface area contributed by atoms with Crippen LogP contribution in [0.5, 0.6) is 0 Å². The summed E-state index contributed by atoms with van der Waals surface area (Å²) in [6, 6.07) is 8.35. The number of nitrogens with two attached hydrogens (primary N) is 2. The van der Waals surface area contributed by atoms with Gasteiger partial charge in [-0.05, 0) is 48.8 Å². The van der Waals surface area contributed by atoms with Gasteiger partial charge in [0.15, 0.2) is 0 Å². The fourth-order valence-corrected chi connectivity index (χ4v) is 3.42. The molecule has 6 heteroatoms. The van der Waals surface area contributed by atoms with Crippen molar-refractivity contribution < 1.29 is 0 Å². The van der Waals surface area contributed by atoms with E-state index < -0.39 is 0 Å². The third kappa shape index (κ3) is 8.58. The summed E-state index contributed by atoms with van der Waals surface area (Å²) in [5.74, 6) is 1.67. The molecule has 0 radical (unpaired) electrons. The van der Waals surface area contributed by atoms with Gasteiger partial charge in [0, 0.05) is 30.9 Å². The predicted molar refractivity (Wildman–Crippen MR) is 133 cm³/mol. The lowest BCUT2D eigenvalue weighted by atomic mass is 9.91. The van der Waals surface area contributed by atoms with Crippen molar-refractivity contribution in [1.29, 1.82) is 0 Å². The Kier molecular flexibility index (Phi) is 10.9. The molecular formula is C25H40N6. The number of rotatable bonds is 13. The first-order chi connectivity index (χ1) is 15.0. The molecule has 0 aromatic heterocycles. The molecule has 1 aromatic rings. The second-order valence-electron chi connectivity index (χ2n) is 8.16. The van der Waals surface area contributed by atoms with Crippen molar-refractivity contribution in [3.8, 4) is 0 Å². The molecule has 1 aliphatic carbocycles. The van der Waals surface area contributed by atoms with Crippen molar-refractivity contribution in [2.45, 2.75) is 59.3 Å². The molecule has 0 bridgehead atoms. The van der Waals surface area contributed by atoms with E-state index >= 15 is 0 Å². The molecule has 0 amide bonds. The Morgan fingerprint density at radius 3 is 2.23 bits per heavy atom. The van der Waals surface area contributed by atoms with Crippen LogP contribution in [0.25, 0.3) is 0 Å². The van der Waals surface area contributed by atoms with E-state index in [9.17, 15) is 0 Å².